The maximum atomic E-state index is 9.79. The Labute approximate surface area is 172 Å². The van der Waals surface area contributed by atoms with Crippen molar-refractivity contribution in [3.8, 4) is 11.5 Å². The number of benzene rings is 1. The van der Waals surface area contributed by atoms with E-state index in [1.54, 1.807) is 10.7 Å². The minimum atomic E-state index is 0. The summed E-state index contributed by atoms with van der Waals surface area (Å²) in [6.45, 7) is 6.45. The fourth-order valence-electron chi connectivity index (χ4n) is 2.47. The summed E-state index contributed by atoms with van der Waals surface area (Å²) in [5.41, 5.74) is 2.10. The third kappa shape index (κ3) is 6.40. The van der Waals surface area contributed by atoms with Crippen molar-refractivity contribution < 1.29 is 9.84 Å². The number of hydrogen-bond acceptors (Lipinski definition) is 4. The first-order valence-corrected chi connectivity index (χ1v) is 8.45. The van der Waals surface area contributed by atoms with E-state index in [-0.39, 0.29) is 29.7 Å². The van der Waals surface area contributed by atoms with Crippen LogP contribution in [0.4, 0.5) is 0 Å². The number of phenolic OH excluding ortho intramolecular Hbond substituents is 1. The molecule has 0 atom stereocenters. The van der Waals surface area contributed by atoms with Crippen LogP contribution in [0.2, 0.25) is 0 Å². The maximum absolute atomic E-state index is 9.79. The van der Waals surface area contributed by atoms with Gasteiger partial charge in [-0.15, -0.1) is 24.0 Å². The number of nitrogens with one attached hydrogen (secondary N) is 1. The summed E-state index contributed by atoms with van der Waals surface area (Å²) in [4.78, 5) is 6.74. The number of hydrogen-bond donors (Lipinski definition) is 2. The van der Waals surface area contributed by atoms with Crippen molar-refractivity contribution in [3.63, 3.8) is 0 Å². The lowest BCUT2D eigenvalue weighted by atomic mass is 10.2. The van der Waals surface area contributed by atoms with E-state index in [4.69, 9.17) is 4.74 Å². The number of halogens is 1. The second-order valence-corrected chi connectivity index (χ2v) is 5.78. The molecule has 0 saturated heterocycles. The average molecular weight is 473 g/mol. The molecule has 0 aliphatic carbocycles. The van der Waals surface area contributed by atoms with Gasteiger partial charge in [-0.2, -0.15) is 5.10 Å². The molecule has 0 fully saturated rings. The van der Waals surface area contributed by atoms with E-state index in [2.05, 4.69) is 20.3 Å². The summed E-state index contributed by atoms with van der Waals surface area (Å²) in [7, 11) is 3.90. The van der Waals surface area contributed by atoms with Crippen LogP contribution in [0.15, 0.2) is 35.6 Å². The molecule has 2 rings (SSSR count). The number of aliphatic imine (C=N–C) groups is 1. The number of nitrogens with zero attached hydrogens (tertiary/aromatic N) is 4. The van der Waals surface area contributed by atoms with Gasteiger partial charge in [0.1, 0.15) is 0 Å². The lowest BCUT2D eigenvalue weighted by molar-refractivity contribution is 0.318. The Kier molecular flexibility index (Phi) is 9.25. The first kappa shape index (κ1) is 22.1. The first-order valence-electron chi connectivity index (χ1n) is 8.45. The molecule has 0 spiro atoms. The zero-order valence-corrected chi connectivity index (χ0v) is 18.1. The molecule has 26 heavy (non-hydrogen) atoms. The Morgan fingerprint density at radius 3 is 2.73 bits per heavy atom. The molecule has 0 unspecified atom stereocenters. The van der Waals surface area contributed by atoms with Gasteiger partial charge in [-0.05, 0) is 31.5 Å². The van der Waals surface area contributed by atoms with Gasteiger partial charge in [-0.1, -0.05) is 6.07 Å². The molecular formula is C18H28IN5O2. The standard InChI is InChI=1S/C18H27N5O2.HI/c1-5-19-18(22(3)12-15-11-21-23(4)13-15)20-10-14-7-8-16(24)17(9-14)25-6-2;/h7-9,11,13,24H,5-6,10,12H2,1-4H3,(H,19,20);1H. The predicted molar refractivity (Wildman–Crippen MR) is 114 cm³/mol. The Morgan fingerprint density at radius 1 is 1.35 bits per heavy atom. The number of rotatable bonds is 7. The van der Waals surface area contributed by atoms with Gasteiger partial charge in [-0.25, -0.2) is 4.99 Å². The molecule has 1 aromatic carbocycles. The summed E-state index contributed by atoms with van der Waals surface area (Å²) in [5, 5.41) is 17.3. The van der Waals surface area contributed by atoms with E-state index in [9.17, 15) is 5.11 Å². The summed E-state index contributed by atoms with van der Waals surface area (Å²) < 4.78 is 7.22. The molecule has 144 valence electrons. The van der Waals surface area contributed by atoms with Gasteiger partial charge in [0.05, 0.1) is 19.3 Å². The number of aryl methyl sites for hydroxylation is 1. The lowest BCUT2D eigenvalue weighted by Gasteiger charge is -2.21. The third-order valence-electron chi connectivity index (χ3n) is 3.61. The molecule has 8 heteroatoms. The molecule has 1 aromatic heterocycles. The molecule has 0 radical (unpaired) electrons. The molecular weight excluding hydrogens is 445 g/mol. The molecule has 0 bridgehead atoms. The topological polar surface area (TPSA) is 74.9 Å². The predicted octanol–water partition coefficient (Wildman–Crippen LogP) is 2.74. The monoisotopic (exact) mass is 473 g/mol. The summed E-state index contributed by atoms with van der Waals surface area (Å²) in [5.74, 6) is 1.46. The van der Waals surface area contributed by atoms with E-state index in [0.29, 0.717) is 18.9 Å². The minimum Gasteiger partial charge on any atom is -0.504 e. The summed E-state index contributed by atoms with van der Waals surface area (Å²) in [6, 6.07) is 5.32. The van der Waals surface area contributed by atoms with Crippen molar-refractivity contribution in [2.24, 2.45) is 12.0 Å². The highest BCUT2D eigenvalue weighted by molar-refractivity contribution is 14.0. The highest BCUT2D eigenvalue weighted by Gasteiger charge is 2.09. The number of aromatic hydroxyl groups is 1. The van der Waals surface area contributed by atoms with Crippen molar-refractivity contribution in [1.82, 2.24) is 20.0 Å². The van der Waals surface area contributed by atoms with Crippen molar-refractivity contribution >= 4 is 29.9 Å². The highest BCUT2D eigenvalue weighted by Crippen LogP contribution is 2.27. The summed E-state index contributed by atoms with van der Waals surface area (Å²) in [6.07, 6.45) is 3.85. The zero-order chi connectivity index (χ0) is 18.2. The van der Waals surface area contributed by atoms with Crippen LogP contribution in [0.3, 0.4) is 0 Å². The fraction of sp³-hybridized carbons (Fsp3) is 0.444. The normalized spacial score (nSPS) is 11.0. The molecule has 1 heterocycles. The van der Waals surface area contributed by atoms with Crippen LogP contribution >= 0.6 is 24.0 Å². The molecule has 0 aliphatic rings. The van der Waals surface area contributed by atoms with Crippen molar-refractivity contribution in [1.29, 1.82) is 0 Å². The lowest BCUT2D eigenvalue weighted by Crippen LogP contribution is -2.38. The first-order chi connectivity index (χ1) is 12.0. The van der Waals surface area contributed by atoms with Crippen LogP contribution in [-0.4, -0.2) is 45.9 Å². The molecule has 2 N–H and O–H groups in total. The molecule has 0 aliphatic heterocycles. The Bertz CT molecular complexity index is 717. The summed E-state index contributed by atoms with van der Waals surface area (Å²) >= 11 is 0. The van der Waals surface area contributed by atoms with Crippen LogP contribution in [0.5, 0.6) is 11.5 Å². The largest absolute Gasteiger partial charge is 0.504 e. The van der Waals surface area contributed by atoms with E-state index >= 15 is 0 Å². The number of ether oxygens (including phenoxy) is 1. The quantitative estimate of drug-likeness (QED) is 0.368. The van der Waals surface area contributed by atoms with Crippen LogP contribution in [-0.2, 0) is 20.1 Å². The number of phenols is 1. The second-order valence-electron chi connectivity index (χ2n) is 5.78. The van der Waals surface area contributed by atoms with Gasteiger partial charge in [0, 0.05) is 38.9 Å². The van der Waals surface area contributed by atoms with E-state index in [1.165, 1.54) is 0 Å². The van der Waals surface area contributed by atoms with Gasteiger partial charge >= 0.3 is 0 Å². The van der Waals surface area contributed by atoms with Crippen LogP contribution in [0, 0.1) is 0 Å². The van der Waals surface area contributed by atoms with Gasteiger partial charge in [0.2, 0.25) is 0 Å². The van der Waals surface area contributed by atoms with Crippen LogP contribution < -0.4 is 10.1 Å². The van der Waals surface area contributed by atoms with E-state index < -0.39 is 0 Å². The van der Waals surface area contributed by atoms with Crippen molar-refractivity contribution in [3.05, 3.63) is 41.7 Å². The number of guanidine groups is 1. The van der Waals surface area contributed by atoms with E-state index in [0.717, 1.165) is 30.2 Å². The van der Waals surface area contributed by atoms with Gasteiger partial charge < -0.3 is 20.1 Å². The van der Waals surface area contributed by atoms with Crippen molar-refractivity contribution in [2.45, 2.75) is 26.9 Å². The zero-order valence-electron chi connectivity index (χ0n) is 15.8. The van der Waals surface area contributed by atoms with Crippen LogP contribution in [0.1, 0.15) is 25.0 Å². The van der Waals surface area contributed by atoms with Gasteiger partial charge in [0.15, 0.2) is 17.5 Å². The molecule has 7 nitrogen and oxygen atoms in total. The smallest absolute Gasteiger partial charge is 0.194 e. The van der Waals surface area contributed by atoms with E-state index in [1.807, 2.05) is 52.5 Å². The average Bonchev–Trinajstić information content (AvgIpc) is 2.99. The molecule has 0 amide bonds. The maximum Gasteiger partial charge on any atom is 0.194 e. The minimum absolute atomic E-state index is 0. The Hall–Kier alpha value is -1.97. The van der Waals surface area contributed by atoms with Crippen LogP contribution in [0.25, 0.3) is 0 Å². The number of aromatic nitrogens is 2. The fourth-order valence-corrected chi connectivity index (χ4v) is 2.47. The molecule has 0 saturated carbocycles. The van der Waals surface area contributed by atoms with Crippen molar-refractivity contribution in [2.75, 3.05) is 20.2 Å². The highest BCUT2D eigenvalue weighted by atomic mass is 127. The Balaban J connectivity index is 0.00000338. The van der Waals surface area contributed by atoms with Gasteiger partial charge in [-0.3, -0.25) is 4.68 Å². The molecule has 2 aromatic rings. The SMILES string of the molecule is CCNC(=NCc1ccc(O)c(OCC)c1)N(C)Cc1cnn(C)c1.I. The Morgan fingerprint density at radius 2 is 2.12 bits per heavy atom. The third-order valence-corrected chi connectivity index (χ3v) is 3.61. The van der Waals surface area contributed by atoms with Gasteiger partial charge in [0.25, 0.3) is 0 Å². The second kappa shape index (κ2) is 10.9.